The molecule has 2 atom stereocenters. The summed E-state index contributed by atoms with van der Waals surface area (Å²) in [6.07, 6.45) is 6.30. The fraction of sp³-hybridized carbons (Fsp3) is 0.667. The first-order valence-corrected chi connectivity index (χ1v) is 8.33. The molecule has 1 aromatic rings. The van der Waals surface area contributed by atoms with E-state index < -0.39 is 0 Å². The molecular formula is C18H30N2. The largest absolute Gasteiger partial charge is 0.369 e. The van der Waals surface area contributed by atoms with E-state index in [1.165, 1.54) is 49.9 Å². The van der Waals surface area contributed by atoms with Gasteiger partial charge < -0.3 is 10.2 Å². The Hall–Kier alpha value is -1.02. The van der Waals surface area contributed by atoms with Gasteiger partial charge in [-0.1, -0.05) is 32.4 Å². The van der Waals surface area contributed by atoms with Crippen molar-refractivity contribution in [3.63, 3.8) is 0 Å². The number of hydrogen-bond acceptors (Lipinski definition) is 2. The molecule has 0 saturated carbocycles. The number of unbranched alkanes of at least 4 members (excludes halogenated alkanes) is 1. The van der Waals surface area contributed by atoms with E-state index in [9.17, 15) is 0 Å². The smallest absolute Gasteiger partial charge is 0.0368 e. The summed E-state index contributed by atoms with van der Waals surface area (Å²) < 4.78 is 0. The van der Waals surface area contributed by atoms with Crippen LogP contribution in [-0.4, -0.2) is 25.2 Å². The van der Waals surface area contributed by atoms with Crippen molar-refractivity contribution in [2.75, 3.05) is 18.0 Å². The molecule has 1 aliphatic rings. The molecular weight excluding hydrogens is 244 g/mol. The molecule has 0 aromatic heterocycles. The zero-order chi connectivity index (χ0) is 14.4. The van der Waals surface area contributed by atoms with E-state index in [0.717, 1.165) is 6.54 Å². The predicted molar refractivity (Wildman–Crippen MR) is 88.6 cm³/mol. The minimum atomic E-state index is 0.634. The maximum atomic E-state index is 3.59. The van der Waals surface area contributed by atoms with Crippen LogP contribution in [0.15, 0.2) is 24.3 Å². The molecule has 0 radical (unpaired) electrons. The van der Waals surface area contributed by atoms with Crippen LogP contribution in [0.4, 0.5) is 5.69 Å². The fourth-order valence-corrected chi connectivity index (χ4v) is 3.26. The van der Waals surface area contributed by atoms with Crippen molar-refractivity contribution in [1.82, 2.24) is 5.32 Å². The quantitative estimate of drug-likeness (QED) is 0.843. The van der Waals surface area contributed by atoms with Gasteiger partial charge in [-0.15, -0.1) is 0 Å². The molecule has 2 heteroatoms. The van der Waals surface area contributed by atoms with Crippen LogP contribution in [-0.2, 0) is 6.42 Å². The van der Waals surface area contributed by atoms with Gasteiger partial charge in [0.25, 0.3) is 0 Å². The zero-order valence-corrected chi connectivity index (χ0v) is 13.4. The molecule has 0 spiro atoms. The van der Waals surface area contributed by atoms with Crippen molar-refractivity contribution in [1.29, 1.82) is 0 Å². The number of benzene rings is 1. The number of hydrogen-bond donors (Lipinski definition) is 1. The minimum absolute atomic E-state index is 0.634. The topological polar surface area (TPSA) is 15.3 Å². The molecule has 1 heterocycles. The zero-order valence-electron chi connectivity index (χ0n) is 13.4. The number of piperidine rings is 1. The molecule has 1 N–H and O–H groups in total. The van der Waals surface area contributed by atoms with Crippen LogP contribution >= 0.6 is 0 Å². The second-order valence-corrected chi connectivity index (χ2v) is 6.09. The van der Waals surface area contributed by atoms with Gasteiger partial charge in [0.2, 0.25) is 0 Å². The van der Waals surface area contributed by atoms with Crippen LogP contribution in [0.5, 0.6) is 0 Å². The van der Waals surface area contributed by atoms with Crippen LogP contribution in [0, 0.1) is 0 Å². The Bertz CT molecular complexity index is 385. The van der Waals surface area contributed by atoms with E-state index in [1.807, 2.05) is 0 Å². The van der Waals surface area contributed by atoms with E-state index in [2.05, 4.69) is 55.3 Å². The molecule has 0 bridgehead atoms. The van der Waals surface area contributed by atoms with Crippen molar-refractivity contribution >= 4 is 5.69 Å². The number of anilines is 1. The van der Waals surface area contributed by atoms with E-state index in [4.69, 9.17) is 0 Å². The summed E-state index contributed by atoms with van der Waals surface area (Å²) in [5.41, 5.74) is 2.87. The maximum Gasteiger partial charge on any atom is 0.0368 e. The first kappa shape index (κ1) is 15.4. The van der Waals surface area contributed by atoms with Gasteiger partial charge >= 0.3 is 0 Å². The number of rotatable bonds is 6. The van der Waals surface area contributed by atoms with Crippen LogP contribution in [0.3, 0.4) is 0 Å². The Morgan fingerprint density at radius 2 is 1.95 bits per heavy atom. The molecule has 1 aromatic carbocycles. The predicted octanol–water partition coefficient (Wildman–Crippen LogP) is 4.00. The van der Waals surface area contributed by atoms with Crippen molar-refractivity contribution in [3.05, 3.63) is 29.8 Å². The Balaban J connectivity index is 1.94. The number of nitrogens with one attached hydrogen (secondary N) is 1. The number of aryl methyl sites for hydroxylation is 1. The summed E-state index contributed by atoms with van der Waals surface area (Å²) in [4.78, 5) is 2.57. The standard InChI is InChI=1S/C18H30N2/c1-4-6-7-16-8-10-18(11-9-16)20-13-12-17(19-5-2)14-15(20)3/h8-11,15,17,19H,4-7,12-14H2,1-3H3. The van der Waals surface area contributed by atoms with Crippen molar-refractivity contribution in [2.24, 2.45) is 0 Å². The molecule has 2 nitrogen and oxygen atoms in total. The third kappa shape index (κ3) is 3.99. The highest BCUT2D eigenvalue weighted by molar-refractivity contribution is 5.49. The Kier molecular flexibility index (Phi) is 5.90. The lowest BCUT2D eigenvalue weighted by molar-refractivity contribution is 0.374. The summed E-state index contributed by atoms with van der Waals surface area (Å²) in [6, 6.07) is 10.6. The molecule has 1 saturated heterocycles. The highest BCUT2D eigenvalue weighted by Gasteiger charge is 2.24. The first-order valence-electron chi connectivity index (χ1n) is 8.33. The third-order valence-electron chi connectivity index (χ3n) is 4.46. The second kappa shape index (κ2) is 7.68. The van der Waals surface area contributed by atoms with Gasteiger partial charge in [-0.3, -0.25) is 0 Å². The highest BCUT2D eigenvalue weighted by Crippen LogP contribution is 2.25. The van der Waals surface area contributed by atoms with Crippen molar-refractivity contribution in [2.45, 2.75) is 65.0 Å². The number of nitrogens with zero attached hydrogens (tertiary/aromatic N) is 1. The van der Waals surface area contributed by atoms with Crippen LogP contribution < -0.4 is 10.2 Å². The van der Waals surface area contributed by atoms with Crippen molar-refractivity contribution in [3.8, 4) is 0 Å². The van der Waals surface area contributed by atoms with Crippen LogP contribution in [0.2, 0.25) is 0 Å². The lowest BCUT2D eigenvalue weighted by atomic mass is 9.97. The lowest BCUT2D eigenvalue weighted by Crippen LogP contribution is -2.47. The Morgan fingerprint density at radius 3 is 2.55 bits per heavy atom. The lowest BCUT2D eigenvalue weighted by Gasteiger charge is -2.39. The van der Waals surface area contributed by atoms with Crippen LogP contribution in [0.25, 0.3) is 0 Å². The van der Waals surface area contributed by atoms with E-state index in [1.54, 1.807) is 0 Å². The maximum absolute atomic E-state index is 3.59. The monoisotopic (exact) mass is 274 g/mol. The van der Waals surface area contributed by atoms with E-state index in [-0.39, 0.29) is 0 Å². The Labute approximate surface area is 124 Å². The van der Waals surface area contributed by atoms with E-state index >= 15 is 0 Å². The molecule has 20 heavy (non-hydrogen) atoms. The molecule has 1 aliphatic heterocycles. The molecule has 0 amide bonds. The fourth-order valence-electron chi connectivity index (χ4n) is 3.26. The molecule has 2 rings (SSSR count). The van der Waals surface area contributed by atoms with Gasteiger partial charge in [0.1, 0.15) is 0 Å². The molecule has 0 aliphatic carbocycles. The van der Waals surface area contributed by atoms with Gasteiger partial charge in [-0.05, 0) is 56.8 Å². The summed E-state index contributed by atoms with van der Waals surface area (Å²) in [5, 5.41) is 3.59. The SMILES string of the molecule is CCCCc1ccc(N2CCC(NCC)CC2C)cc1. The van der Waals surface area contributed by atoms with Crippen LogP contribution in [0.1, 0.15) is 52.0 Å². The van der Waals surface area contributed by atoms with Gasteiger partial charge in [-0.25, -0.2) is 0 Å². The van der Waals surface area contributed by atoms with Gasteiger partial charge in [0.15, 0.2) is 0 Å². The average Bonchev–Trinajstić information content (AvgIpc) is 2.46. The second-order valence-electron chi connectivity index (χ2n) is 6.09. The molecule has 112 valence electrons. The summed E-state index contributed by atoms with van der Waals surface area (Å²) in [6.45, 7) is 9.07. The van der Waals surface area contributed by atoms with Gasteiger partial charge in [0.05, 0.1) is 0 Å². The van der Waals surface area contributed by atoms with Gasteiger partial charge in [0, 0.05) is 24.3 Å². The summed E-state index contributed by atoms with van der Waals surface area (Å²) in [5.74, 6) is 0. The minimum Gasteiger partial charge on any atom is -0.369 e. The summed E-state index contributed by atoms with van der Waals surface area (Å²) in [7, 11) is 0. The Morgan fingerprint density at radius 1 is 1.20 bits per heavy atom. The normalized spacial score (nSPS) is 23.1. The summed E-state index contributed by atoms with van der Waals surface area (Å²) >= 11 is 0. The highest BCUT2D eigenvalue weighted by atomic mass is 15.2. The van der Waals surface area contributed by atoms with Crippen molar-refractivity contribution < 1.29 is 0 Å². The molecule has 1 fully saturated rings. The average molecular weight is 274 g/mol. The van der Waals surface area contributed by atoms with Gasteiger partial charge in [-0.2, -0.15) is 0 Å². The molecule has 2 unspecified atom stereocenters. The van der Waals surface area contributed by atoms with E-state index in [0.29, 0.717) is 12.1 Å². The third-order valence-corrected chi connectivity index (χ3v) is 4.46. The first-order chi connectivity index (χ1) is 9.74.